The highest BCUT2D eigenvalue weighted by Crippen LogP contribution is 2.30. The van der Waals surface area contributed by atoms with E-state index in [9.17, 15) is 18.4 Å². The molecule has 0 saturated carbocycles. The molecule has 0 saturated heterocycles. The molecule has 7 heteroatoms. The summed E-state index contributed by atoms with van der Waals surface area (Å²) in [7, 11) is 0. The number of hydrogen-bond acceptors (Lipinski definition) is 3. The summed E-state index contributed by atoms with van der Waals surface area (Å²) in [5, 5.41) is 2.53. The summed E-state index contributed by atoms with van der Waals surface area (Å²) >= 11 is 0. The van der Waals surface area contributed by atoms with E-state index in [0.717, 1.165) is 17.7 Å². The molecule has 0 aromatic heterocycles. The van der Waals surface area contributed by atoms with Gasteiger partial charge in [0.25, 0.3) is 11.8 Å². The van der Waals surface area contributed by atoms with Gasteiger partial charge in [0.1, 0.15) is 22.9 Å². The number of amides is 2. The maximum atomic E-state index is 13.9. The number of carbonyl (C=O) groups excluding carboxylic acids is 2. The van der Waals surface area contributed by atoms with Crippen LogP contribution in [0.1, 0.15) is 34.8 Å². The highest BCUT2D eigenvalue weighted by atomic mass is 19.1. The highest BCUT2D eigenvalue weighted by molar-refractivity contribution is 6.04. The predicted octanol–water partition coefficient (Wildman–Crippen LogP) is 4.92. The van der Waals surface area contributed by atoms with Gasteiger partial charge in [-0.15, -0.1) is 0 Å². The molecule has 32 heavy (non-hydrogen) atoms. The minimum absolute atomic E-state index is 0.119. The monoisotopic (exact) mass is 436 g/mol. The van der Waals surface area contributed by atoms with Crippen molar-refractivity contribution >= 4 is 17.5 Å². The minimum atomic E-state index is -0.939. The Morgan fingerprint density at radius 1 is 1.06 bits per heavy atom. The molecule has 3 aromatic rings. The molecule has 0 bridgehead atoms. The standard InChI is InChI=1S/C25H22F2N2O3/c1-2-21-25(31)29(14-16-7-4-3-5-8-16)15-17-13-18(11-12-22(17)32-21)28-24(30)23-19(26)9-6-10-20(23)27/h3-13,21H,2,14-15H2,1H3,(H,28,30)/t21-/m0/s1. The van der Waals surface area contributed by atoms with Crippen LogP contribution in [0, 0.1) is 11.6 Å². The molecule has 1 aliphatic heterocycles. The topological polar surface area (TPSA) is 58.6 Å². The Morgan fingerprint density at radius 3 is 2.47 bits per heavy atom. The number of carbonyl (C=O) groups is 2. The Labute approximate surface area is 184 Å². The first kappa shape index (κ1) is 21.5. The van der Waals surface area contributed by atoms with E-state index in [-0.39, 0.29) is 12.5 Å². The Bertz CT molecular complexity index is 1130. The average Bonchev–Trinajstić information content (AvgIpc) is 2.90. The lowest BCUT2D eigenvalue weighted by Crippen LogP contribution is -2.38. The largest absolute Gasteiger partial charge is 0.480 e. The first-order valence-corrected chi connectivity index (χ1v) is 10.3. The second-order valence-corrected chi connectivity index (χ2v) is 7.57. The summed E-state index contributed by atoms with van der Waals surface area (Å²) in [5.74, 6) is -2.35. The van der Waals surface area contributed by atoms with E-state index >= 15 is 0 Å². The maximum absolute atomic E-state index is 13.9. The van der Waals surface area contributed by atoms with Gasteiger partial charge in [-0.1, -0.05) is 43.3 Å². The van der Waals surface area contributed by atoms with Crippen molar-refractivity contribution in [3.63, 3.8) is 0 Å². The van der Waals surface area contributed by atoms with E-state index in [1.807, 2.05) is 37.3 Å². The third-order valence-electron chi connectivity index (χ3n) is 5.31. The van der Waals surface area contributed by atoms with Gasteiger partial charge in [0.05, 0.1) is 0 Å². The first-order valence-electron chi connectivity index (χ1n) is 10.3. The third-order valence-corrected chi connectivity index (χ3v) is 5.31. The Hall–Kier alpha value is -3.74. The van der Waals surface area contributed by atoms with Gasteiger partial charge in [-0.05, 0) is 42.3 Å². The van der Waals surface area contributed by atoms with Crippen molar-refractivity contribution in [2.45, 2.75) is 32.5 Å². The Kier molecular flexibility index (Phi) is 6.16. The molecule has 4 rings (SSSR count). The fourth-order valence-corrected chi connectivity index (χ4v) is 3.69. The lowest BCUT2D eigenvalue weighted by atomic mass is 10.1. The smallest absolute Gasteiger partial charge is 0.264 e. The molecule has 0 unspecified atom stereocenters. The summed E-state index contributed by atoms with van der Waals surface area (Å²) in [5.41, 5.74) is 1.38. The van der Waals surface area contributed by atoms with Crippen LogP contribution in [0.2, 0.25) is 0 Å². The number of nitrogens with one attached hydrogen (secondary N) is 1. The van der Waals surface area contributed by atoms with Crippen molar-refractivity contribution in [2.75, 3.05) is 5.32 Å². The second kappa shape index (κ2) is 9.18. The Morgan fingerprint density at radius 2 is 1.78 bits per heavy atom. The van der Waals surface area contributed by atoms with Crippen molar-refractivity contribution in [2.24, 2.45) is 0 Å². The zero-order chi connectivity index (χ0) is 22.7. The summed E-state index contributed by atoms with van der Waals surface area (Å²) < 4.78 is 33.8. The van der Waals surface area contributed by atoms with E-state index in [1.54, 1.807) is 23.1 Å². The molecular weight excluding hydrogens is 414 g/mol. The molecule has 1 heterocycles. The molecule has 5 nitrogen and oxygen atoms in total. The van der Waals surface area contributed by atoms with Crippen LogP contribution in [0.4, 0.5) is 14.5 Å². The highest BCUT2D eigenvalue weighted by Gasteiger charge is 2.30. The maximum Gasteiger partial charge on any atom is 0.264 e. The zero-order valence-electron chi connectivity index (χ0n) is 17.5. The average molecular weight is 436 g/mol. The number of anilines is 1. The quantitative estimate of drug-likeness (QED) is 0.618. The molecule has 0 radical (unpaired) electrons. The van der Waals surface area contributed by atoms with Gasteiger partial charge in [-0.2, -0.15) is 0 Å². The summed E-state index contributed by atoms with van der Waals surface area (Å²) in [6.07, 6.45) is -0.109. The zero-order valence-corrected chi connectivity index (χ0v) is 17.5. The predicted molar refractivity (Wildman–Crippen MR) is 116 cm³/mol. The van der Waals surface area contributed by atoms with Gasteiger partial charge in [-0.3, -0.25) is 9.59 Å². The van der Waals surface area contributed by atoms with E-state index in [2.05, 4.69) is 5.32 Å². The lowest BCUT2D eigenvalue weighted by molar-refractivity contribution is -0.139. The van der Waals surface area contributed by atoms with E-state index in [1.165, 1.54) is 6.07 Å². The SMILES string of the molecule is CC[C@@H]1Oc2ccc(NC(=O)c3c(F)cccc3F)cc2CN(Cc2ccccc2)C1=O. The van der Waals surface area contributed by atoms with Crippen molar-refractivity contribution in [1.29, 1.82) is 0 Å². The van der Waals surface area contributed by atoms with Crippen LogP contribution in [0.5, 0.6) is 5.75 Å². The minimum Gasteiger partial charge on any atom is -0.480 e. The molecular formula is C25H22F2N2O3. The molecule has 3 aromatic carbocycles. The first-order chi connectivity index (χ1) is 15.5. The normalized spacial score (nSPS) is 15.5. The lowest BCUT2D eigenvalue weighted by Gasteiger charge is -2.23. The van der Waals surface area contributed by atoms with Gasteiger partial charge in [-0.25, -0.2) is 8.78 Å². The van der Waals surface area contributed by atoms with Crippen molar-refractivity contribution in [1.82, 2.24) is 4.90 Å². The fraction of sp³-hybridized carbons (Fsp3) is 0.200. The number of rotatable bonds is 5. The third kappa shape index (κ3) is 4.46. The van der Waals surface area contributed by atoms with Crippen molar-refractivity contribution < 1.29 is 23.1 Å². The van der Waals surface area contributed by atoms with Crippen LogP contribution in [0.25, 0.3) is 0 Å². The fourth-order valence-electron chi connectivity index (χ4n) is 3.69. The van der Waals surface area contributed by atoms with E-state index in [0.29, 0.717) is 30.0 Å². The number of halogens is 2. The summed E-state index contributed by atoms with van der Waals surface area (Å²) in [6.45, 7) is 2.57. The van der Waals surface area contributed by atoms with Crippen LogP contribution >= 0.6 is 0 Å². The van der Waals surface area contributed by atoms with Gasteiger partial charge in [0.2, 0.25) is 0 Å². The summed E-state index contributed by atoms with van der Waals surface area (Å²) in [4.78, 5) is 27.2. The molecule has 1 N–H and O–H groups in total. The molecule has 0 fully saturated rings. The van der Waals surface area contributed by atoms with Crippen LogP contribution in [0.3, 0.4) is 0 Å². The molecule has 2 amide bonds. The molecule has 1 aliphatic rings. The van der Waals surface area contributed by atoms with Gasteiger partial charge in [0.15, 0.2) is 6.10 Å². The van der Waals surface area contributed by atoms with Crippen molar-refractivity contribution in [3.8, 4) is 5.75 Å². The van der Waals surface area contributed by atoms with Gasteiger partial charge < -0.3 is 15.0 Å². The number of nitrogens with zero attached hydrogens (tertiary/aromatic N) is 1. The van der Waals surface area contributed by atoms with Gasteiger partial charge in [0, 0.05) is 24.3 Å². The van der Waals surface area contributed by atoms with Crippen LogP contribution < -0.4 is 10.1 Å². The number of fused-ring (bicyclic) bond motifs is 1. The van der Waals surface area contributed by atoms with E-state index in [4.69, 9.17) is 4.74 Å². The second-order valence-electron chi connectivity index (χ2n) is 7.57. The number of benzene rings is 3. The summed E-state index contributed by atoms with van der Waals surface area (Å²) in [6, 6.07) is 17.8. The molecule has 1 atom stereocenters. The Balaban J connectivity index is 1.61. The van der Waals surface area contributed by atoms with Gasteiger partial charge >= 0.3 is 0 Å². The van der Waals surface area contributed by atoms with Crippen LogP contribution in [-0.4, -0.2) is 22.8 Å². The molecule has 0 spiro atoms. The van der Waals surface area contributed by atoms with Crippen LogP contribution in [0.15, 0.2) is 66.7 Å². The van der Waals surface area contributed by atoms with Crippen molar-refractivity contribution in [3.05, 3.63) is 95.1 Å². The number of ether oxygens (including phenoxy) is 1. The van der Waals surface area contributed by atoms with E-state index < -0.39 is 29.2 Å². The van der Waals surface area contributed by atoms with Crippen LogP contribution in [-0.2, 0) is 17.9 Å². The molecule has 0 aliphatic carbocycles. The number of hydrogen-bond donors (Lipinski definition) is 1. The molecule has 164 valence electrons.